The summed E-state index contributed by atoms with van der Waals surface area (Å²) in [7, 11) is 1.66. The van der Waals surface area contributed by atoms with E-state index >= 15 is 0 Å². The van der Waals surface area contributed by atoms with E-state index in [9.17, 15) is 9.90 Å². The summed E-state index contributed by atoms with van der Waals surface area (Å²) in [5.41, 5.74) is 0.637. The number of amides is 1. The lowest BCUT2D eigenvalue weighted by Gasteiger charge is -2.40. The molecule has 1 aromatic rings. The number of nitrogens with zero attached hydrogens (tertiary/aromatic N) is 1. The topological polar surface area (TPSA) is 59.0 Å². The highest BCUT2D eigenvalue weighted by molar-refractivity contribution is 5.88. The Bertz CT molecular complexity index is 566. The van der Waals surface area contributed by atoms with Gasteiger partial charge in [0, 0.05) is 25.6 Å². The number of methoxy groups -OCH3 is 1. The van der Waals surface area contributed by atoms with Crippen molar-refractivity contribution < 1.29 is 19.4 Å². The van der Waals surface area contributed by atoms with E-state index in [1.807, 2.05) is 29.2 Å². The molecule has 0 aromatic heterocycles. The van der Waals surface area contributed by atoms with Crippen LogP contribution in [-0.2, 0) is 14.9 Å². The van der Waals surface area contributed by atoms with Crippen molar-refractivity contribution in [2.75, 3.05) is 40.0 Å². The molecule has 5 heteroatoms. The minimum absolute atomic E-state index is 0.00274. The first kappa shape index (κ1) is 18.2. The number of hydrogen-bond donors (Lipinski definition) is 1. The van der Waals surface area contributed by atoms with Gasteiger partial charge in [-0.2, -0.15) is 0 Å². The summed E-state index contributed by atoms with van der Waals surface area (Å²) >= 11 is 0. The molecule has 3 rings (SSSR count). The first-order chi connectivity index (χ1) is 12.2. The Labute approximate surface area is 149 Å². The molecule has 1 aromatic carbocycles. The van der Waals surface area contributed by atoms with E-state index in [-0.39, 0.29) is 18.4 Å². The van der Waals surface area contributed by atoms with Gasteiger partial charge in [0.15, 0.2) is 0 Å². The Hall–Kier alpha value is -1.59. The predicted molar refractivity (Wildman–Crippen MR) is 95.7 cm³/mol. The van der Waals surface area contributed by atoms with E-state index in [1.165, 1.54) is 6.42 Å². The van der Waals surface area contributed by atoms with Gasteiger partial charge in [0.05, 0.1) is 25.7 Å². The van der Waals surface area contributed by atoms with Crippen molar-refractivity contribution in [2.45, 2.75) is 37.5 Å². The van der Waals surface area contributed by atoms with E-state index in [0.29, 0.717) is 26.3 Å². The fourth-order valence-corrected chi connectivity index (χ4v) is 4.17. The molecule has 0 bridgehead atoms. The zero-order valence-electron chi connectivity index (χ0n) is 15.1. The fraction of sp³-hybridized carbons (Fsp3) is 0.650. The molecule has 5 nitrogen and oxygen atoms in total. The fourth-order valence-electron chi connectivity index (χ4n) is 4.17. The van der Waals surface area contributed by atoms with Gasteiger partial charge in [0.25, 0.3) is 0 Å². The molecule has 1 unspecified atom stereocenters. The molecular weight excluding hydrogens is 318 g/mol. The Morgan fingerprint density at radius 2 is 2.00 bits per heavy atom. The normalized spacial score (nSPS) is 23.8. The Morgan fingerprint density at radius 1 is 1.28 bits per heavy atom. The second-order valence-electron chi connectivity index (χ2n) is 7.25. The molecule has 138 valence electrons. The zero-order chi connectivity index (χ0) is 17.7. The number of rotatable bonds is 4. The number of hydrogen-bond acceptors (Lipinski definition) is 4. The minimum atomic E-state index is -0.450. The second-order valence-corrected chi connectivity index (χ2v) is 7.25. The van der Waals surface area contributed by atoms with Crippen molar-refractivity contribution in [1.29, 1.82) is 0 Å². The smallest absolute Gasteiger partial charge is 0.233 e. The third-order valence-electron chi connectivity index (χ3n) is 5.64. The quantitative estimate of drug-likeness (QED) is 0.908. The Balaban J connectivity index is 1.89. The summed E-state index contributed by atoms with van der Waals surface area (Å²) in [6.07, 6.45) is 5.11. The van der Waals surface area contributed by atoms with E-state index in [1.54, 1.807) is 7.11 Å². The predicted octanol–water partition coefficient (Wildman–Crippen LogP) is 2.36. The van der Waals surface area contributed by atoms with Crippen molar-refractivity contribution in [1.82, 2.24) is 4.90 Å². The summed E-state index contributed by atoms with van der Waals surface area (Å²) < 4.78 is 10.8. The SMILES string of the molecule is COc1ccc(C2(C(=O)N3CCOCC(CO)C3)CCCCC2)cc1. The van der Waals surface area contributed by atoms with E-state index in [0.717, 1.165) is 37.0 Å². The lowest BCUT2D eigenvalue weighted by Crippen LogP contribution is -2.50. The van der Waals surface area contributed by atoms with Gasteiger partial charge in [0.2, 0.25) is 5.91 Å². The van der Waals surface area contributed by atoms with Crippen LogP contribution in [0.15, 0.2) is 24.3 Å². The summed E-state index contributed by atoms with van der Waals surface area (Å²) in [5.74, 6) is 1.01. The number of carbonyl (C=O) groups is 1. The first-order valence-corrected chi connectivity index (χ1v) is 9.32. The van der Waals surface area contributed by atoms with Gasteiger partial charge in [-0.25, -0.2) is 0 Å². The van der Waals surface area contributed by atoms with Gasteiger partial charge < -0.3 is 19.5 Å². The molecule has 2 fully saturated rings. The van der Waals surface area contributed by atoms with E-state index in [2.05, 4.69) is 0 Å². The van der Waals surface area contributed by atoms with Crippen molar-refractivity contribution in [3.8, 4) is 5.75 Å². The van der Waals surface area contributed by atoms with Gasteiger partial charge >= 0.3 is 0 Å². The number of benzene rings is 1. The third-order valence-corrected chi connectivity index (χ3v) is 5.64. The van der Waals surface area contributed by atoms with Crippen LogP contribution in [0.5, 0.6) is 5.75 Å². The van der Waals surface area contributed by atoms with Crippen LogP contribution in [0.4, 0.5) is 0 Å². The highest BCUT2D eigenvalue weighted by atomic mass is 16.5. The van der Waals surface area contributed by atoms with Gasteiger partial charge in [-0.1, -0.05) is 31.4 Å². The molecule has 1 aliphatic heterocycles. The average Bonchev–Trinajstić information content (AvgIpc) is 2.93. The molecular formula is C20H29NO4. The van der Waals surface area contributed by atoms with Crippen LogP contribution in [0, 0.1) is 5.92 Å². The van der Waals surface area contributed by atoms with Crippen LogP contribution in [0.2, 0.25) is 0 Å². The molecule has 1 saturated carbocycles. The lowest BCUT2D eigenvalue weighted by molar-refractivity contribution is -0.139. The molecule has 1 amide bonds. The number of aliphatic hydroxyl groups excluding tert-OH is 1. The van der Waals surface area contributed by atoms with Crippen molar-refractivity contribution in [2.24, 2.45) is 5.92 Å². The first-order valence-electron chi connectivity index (χ1n) is 9.32. The molecule has 1 atom stereocenters. The van der Waals surface area contributed by atoms with Crippen LogP contribution in [0.1, 0.15) is 37.7 Å². The molecule has 2 aliphatic rings. The molecule has 1 aliphatic carbocycles. The monoisotopic (exact) mass is 347 g/mol. The maximum absolute atomic E-state index is 13.6. The van der Waals surface area contributed by atoms with Gasteiger partial charge in [-0.3, -0.25) is 4.79 Å². The van der Waals surface area contributed by atoms with Gasteiger partial charge in [-0.15, -0.1) is 0 Å². The van der Waals surface area contributed by atoms with Crippen molar-refractivity contribution >= 4 is 5.91 Å². The number of ether oxygens (including phenoxy) is 2. The van der Waals surface area contributed by atoms with Crippen LogP contribution >= 0.6 is 0 Å². The molecule has 25 heavy (non-hydrogen) atoms. The zero-order valence-corrected chi connectivity index (χ0v) is 15.1. The molecule has 0 spiro atoms. The second kappa shape index (κ2) is 8.19. The van der Waals surface area contributed by atoms with Gasteiger partial charge in [0.1, 0.15) is 5.75 Å². The summed E-state index contributed by atoms with van der Waals surface area (Å²) in [6, 6.07) is 7.97. The third kappa shape index (κ3) is 3.82. The Morgan fingerprint density at radius 3 is 2.64 bits per heavy atom. The largest absolute Gasteiger partial charge is 0.497 e. The molecule has 1 saturated heterocycles. The van der Waals surface area contributed by atoms with Crippen LogP contribution in [-0.4, -0.2) is 55.9 Å². The number of aliphatic hydroxyl groups is 1. The van der Waals surface area contributed by atoms with Crippen molar-refractivity contribution in [3.63, 3.8) is 0 Å². The lowest BCUT2D eigenvalue weighted by atomic mass is 9.68. The maximum Gasteiger partial charge on any atom is 0.233 e. The molecule has 0 radical (unpaired) electrons. The molecule has 1 heterocycles. The standard InChI is InChI=1S/C20H29NO4/c1-24-18-7-5-17(6-8-18)20(9-3-2-4-10-20)19(23)21-11-12-25-15-16(13-21)14-22/h5-8,16,22H,2-4,9-15H2,1H3. The number of carbonyl (C=O) groups excluding carboxylic acids is 1. The van der Waals surface area contributed by atoms with Crippen LogP contribution in [0.3, 0.4) is 0 Å². The van der Waals surface area contributed by atoms with E-state index < -0.39 is 5.41 Å². The van der Waals surface area contributed by atoms with E-state index in [4.69, 9.17) is 9.47 Å². The van der Waals surface area contributed by atoms with Crippen molar-refractivity contribution in [3.05, 3.63) is 29.8 Å². The maximum atomic E-state index is 13.6. The van der Waals surface area contributed by atoms with Gasteiger partial charge in [-0.05, 0) is 30.5 Å². The van der Waals surface area contributed by atoms with Crippen LogP contribution in [0.25, 0.3) is 0 Å². The summed E-state index contributed by atoms with van der Waals surface area (Å²) in [5, 5.41) is 9.53. The highest BCUT2D eigenvalue weighted by Crippen LogP contribution is 2.41. The molecule has 1 N–H and O–H groups in total. The van der Waals surface area contributed by atoms with Crippen LogP contribution < -0.4 is 4.74 Å². The minimum Gasteiger partial charge on any atom is -0.497 e. The highest BCUT2D eigenvalue weighted by Gasteiger charge is 2.44. The Kier molecular flexibility index (Phi) is 5.97. The summed E-state index contributed by atoms with van der Waals surface area (Å²) in [6.45, 7) is 2.30. The average molecular weight is 347 g/mol. The summed E-state index contributed by atoms with van der Waals surface area (Å²) in [4.78, 5) is 15.5.